The predicted molar refractivity (Wildman–Crippen MR) is 77.8 cm³/mol. The molecule has 0 aliphatic heterocycles. The summed E-state index contributed by atoms with van der Waals surface area (Å²) in [7, 11) is 2.14. The Hall–Kier alpha value is -1.20. The predicted octanol–water partition coefficient (Wildman–Crippen LogP) is 2.44. The van der Waals surface area contributed by atoms with Crippen LogP contribution in [0, 0.1) is 6.92 Å². The SMILES string of the molecule is Cc1csc2nc(CN(C)C3CCCC3)cc(=O)n12. The highest BCUT2D eigenvalue weighted by molar-refractivity contribution is 7.15. The Labute approximate surface area is 116 Å². The van der Waals surface area contributed by atoms with E-state index in [9.17, 15) is 4.79 Å². The van der Waals surface area contributed by atoms with E-state index in [0.29, 0.717) is 6.04 Å². The van der Waals surface area contributed by atoms with Crippen LogP contribution in [-0.2, 0) is 6.54 Å². The van der Waals surface area contributed by atoms with Crippen molar-refractivity contribution < 1.29 is 0 Å². The zero-order chi connectivity index (χ0) is 13.4. The van der Waals surface area contributed by atoms with Crippen molar-refractivity contribution >= 4 is 16.3 Å². The maximum atomic E-state index is 12.1. The minimum absolute atomic E-state index is 0.0403. The molecule has 0 atom stereocenters. The Morgan fingerprint density at radius 3 is 2.95 bits per heavy atom. The fourth-order valence-corrected chi connectivity index (χ4v) is 3.80. The molecule has 1 aliphatic carbocycles. The highest BCUT2D eigenvalue weighted by atomic mass is 32.1. The van der Waals surface area contributed by atoms with Gasteiger partial charge in [0.1, 0.15) is 0 Å². The molecule has 19 heavy (non-hydrogen) atoms. The second-order valence-corrected chi connectivity index (χ2v) is 6.27. The third-order valence-corrected chi connectivity index (χ3v) is 4.93. The Morgan fingerprint density at radius 1 is 1.47 bits per heavy atom. The van der Waals surface area contributed by atoms with Gasteiger partial charge >= 0.3 is 0 Å². The van der Waals surface area contributed by atoms with Crippen LogP contribution < -0.4 is 5.56 Å². The Bertz CT molecular complexity index is 640. The van der Waals surface area contributed by atoms with Crippen molar-refractivity contribution in [1.82, 2.24) is 14.3 Å². The summed E-state index contributed by atoms with van der Waals surface area (Å²) in [6, 6.07) is 2.34. The molecule has 2 heterocycles. The van der Waals surface area contributed by atoms with E-state index in [1.807, 2.05) is 12.3 Å². The molecule has 0 radical (unpaired) electrons. The van der Waals surface area contributed by atoms with Crippen LogP contribution in [0.4, 0.5) is 0 Å². The van der Waals surface area contributed by atoms with Gasteiger partial charge in [-0.05, 0) is 26.8 Å². The van der Waals surface area contributed by atoms with Gasteiger partial charge in [-0.2, -0.15) is 0 Å². The zero-order valence-corrected chi connectivity index (χ0v) is 12.2. The molecule has 2 aromatic heterocycles. The molecule has 0 spiro atoms. The van der Waals surface area contributed by atoms with E-state index >= 15 is 0 Å². The van der Waals surface area contributed by atoms with Crippen molar-refractivity contribution in [2.75, 3.05) is 7.05 Å². The largest absolute Gasteiger partial charge is 0.298 e. The number of nitrogens with zero attached hydrogens (tertiary/aromatic N) is 3. The van der Waals surface area contributed by atoms with Gasteiger partial charge < -0.3 is 0 Å². The van der Waals surface area contributed by atoms with Gasteiger partial charge in [0, 0.05) is 29.7 Å². The van der Waals surface area contributed by atoms with Crippen LogP contribution in [0.3, 0.4) is 0 Å². The molecule has 0 aromatic carbocycles. The number of rotatable bonds is 3. The van der Waals surface area contributed by atoms with Gasteiger partial charge in [0.15, 0.2) is 4.96 Å². The minimum atomic E-state index is 0.0403. The molecule has 0 bridgehead atoms. The molecular formula is C14H19N3OS. The van der Waals surface area contributed by atoms with Gasteiger partial charge in [-0.25, -0.2) is 4.98 Å². The first-order valence-corrected chi connectivity index (χ1v) is 7.70. The minimum Gasteiger partial charge on any atom is -0.298 e. The molecule has 1 fully saturated rings. The summed E-state index contributed by atoms with van der Waals surface area (Å²) in [5.41, 5.74) is 1.90. The fourth-order valence-electron chi connectivity index (χ4n) is 2.91. The van der Waals surface area contributed by atoms with Gasteiger partial charge in [0.25, 0.3) is 5.56 Å². The fraction of sp³-hybridized carbons (Fsp3) is 0.571. The van der Waals surface area contributed by atoms with Crippen molar-refractivity contribution in [3.05, 3.63) is 33.2 Å². The number of hydrogen-bond acceptors (Lipinski definition) is 4. The van der Waals surface area contributed by atoms with E-state index < -0.39 is 0 Å². The lowest BCUT2D eigenvalue weighted by Gasteiger charge is -2.23. The number of hydrogen-bond donors (Lipinski definition) is 0. The van der Waals surface area contributed by atoms with Crippen molar-refractivity contribution in [1.29, 1.82) is 0 Å². The monoisotopic (exact) mass is 277 g/mol. The summed E-state index contributed by atoms with van der Waals surface area (Å²) in [5, 5.41) is 1.98. The van der Waals surface area contributed by atoms with Crippen LogP contribution in [0.5, 0.6) is 0 Å². The quantitative estimate of drug-likeness (QED) is 0.865. The Morgan fingerprint density at radius 2 is 2.21 bits per heavy atom. The van der Waals surface area contributed by atoms with Crippen LogP contribution in [0.15, 0.2) is 16.2 Å². The summed E-state index contributed by atoms with van der Waals surface area (Å²) < 4.78 is 1.68. The lowest BCUT2D eigenvalue weighted by molar-refractivity contribution is 0.235. The van der Waals surface area contributed by atoms with Crippen LogP contribution in [0.1, 0.15) is 37.1 Å². The van der Waals surface area contributed by atoms with Crippen molar-refractivity contribution in [2.45, 2.75) is 45.2 Å². The molecule has 0 N–H and O–H groups in total. The number of aromatic nitrogens is 2. The van der Waals surface area contributed by atoms with E-state index in [-0.39, 0.29) is 5.56 Å². The average Bonchev–Trinajstić information content (AvgIpc) is 2.99. The second kappa shape index (κ2) is 5.06. The molecule has 102 valence electrons. The first-order chi connectivity index (χ1) is 9.15. The summed E-state index contributed by atoms with van der Waals surface area (Å²) in [6.07, 6.45) is 5.20. The van der Waals surface area contributed by atoms with E-state index in [1.165, 1.54) is 37.0 Å². The molecule has 0 amide bonds. The standard InChI is InChI=1S/C14H19N3OS/c1-10-9-19-14-15-11(7-13(18)17(10)14)8-16(2)12-5-3-4-6-12/h7,9,12H,3-6,8H2,1-2H3. The van der Waals surface area contributed by atoms with Gasteiger partial charge in [-0.1, -0.05) is 12.8 Å². The topological polar surface area (TPSA) is 37.6 Å². The summed E-state index contributed by atoms with van der Waals surface area (Å²) in [6.45, 7) is 2.71. The average molecular weight is 277 g/mol. The van der Waals surface area contributed by atoms with Crippen molar-refractivity contribution in [3.8, 4) is 0 Å². The van der Waals surface area contributed by atoms with E-state index in [0.717, 1.165) is 22.9 Å². The highest BCUT2D eigenvalue weighted by Crippen LogP contribution is 2.23. The maximum absolute atomic E-state index is 12.1. The Kier molecular flexibility index (Phi) is 3.41. The lowest BCUT2D eigenvalue weighted by Crippen LogP contribution is -2.29. The van der Waals surface area contributed by atoms with Crippen LogP contribution in [-0.4, -0.2) is 27.4 Å². The van der Waals surface area contributed by atoms with E-state index in [1.54, 1.807) is 10.5 Å². The smallest absolute Gasteiger partial charge is 0.259 e. The van der Waals surface area contributed by atoms with Crippen LogP contribution in [0.2, 0.25) is 0 Å². The van der Waals surface area contributed by atoms with Crippen molar-refractivity contribution in [3.63, 3.8) is 0 Å². The van der Waals surface area contributed by atoms with E-state index in [2.05, 4.69) is 16.9 Å². The first-order valence-electron chi connectivity index (χ1n) is 6.82. The van der Waals surface area contributed by atoms with Gasteiger partial charge in [-0.3, -0.25) is 14.1 Å². The number of thiazole rings is 1. The molecule has 1 saturated carbocycles. The molecule has 1 aliphatic rings. The molecule has 0 saturated heterocycles. The first kappa shape index (κ1) is 12.8. The lowest BCUT2D eigenvalue weighted by atomic mass is 10.2. The highest BCUT2D eigenvalue weighted by Gasteiger charge is 2.20. The maximum Gasteiger partial charge on any atom is 0.259 e. The third-order valence-electron chi connectivity index (χ3n) is 3.99. The molecular weight excluding hydrogens is 258 g/mol. The van der Waals surface area contributed by atoms with Crippen LogP contribution in [0.25, 0.3) is 4.96 Å². The Balaban J connectivity index is 1.87. The van der Waals surface area contributed by atoms with Gasteiger partial charge in [0.05, 0.1) is 5.69 Å². The molecule has 4 nitrogen and oxygen atoms in total. The summed E-state index contributed by atoms with van der Waals surface area (Å²) in [4.78, 5) is 19.8. The van der Waals surface area contributed by atoms with Crippen molar-refractivity contribution in [2.24, 2.45) is 0 Å². The van der Waals surface area contributed by atoms with E-state index in [4.69, 9.17) is 0 Å². The number of fused-ring (bicyclic) bond motifs is 1. The van der Waals surface area contributed by atoms with Gasteiger partial charge in [0.2, 0.25) is 0 Å². The summed E-state index contributed by atoms with van der Waals surface area (Å²) in [5.74, 6) is 0. The normalized spacial score (nSPS) is 16.8. The zero-order valence-electron chi connectivity index (χ0n) is 11.4. The summed E-state index contributed by atoms with van der Waals surface area (Å²) >= 11 is 1.53. The number of aryl methyl sites for hydroxylation is 1. The second-order valence-electron chi connectivity index (χ2n) is 5.43. The van der Waals surface area contributed by atoms with Crippen LogP contribution >= 0.6 is 11.3 Å². The molecule has 3 rings (SSSR count). The third kappa shape index (κ3) is 2.44. The van der Waals surface area contributed by atoms with Gasteiger partial charge in [-0.15, -0.1) is 11.3 Å². The molecule has 5 heteroatoms. The molecule has 2 aromatic rings. The molecule has 0 unspecified atom stereocenters.